The van der Waals surface area contributed by atoms with Crippen LogP contribution in [-0.2, 0) is 0 Å². The molecule has 4 nitrogen and oxygen atoms in total. The molecule has 3 heterocycles. The van der Waals surface area contributed by atoms with Crippen LogP contribution >= 0.6 is 0 Å². The molecule has 26 heavy (non-hydrogen) atoms. The maximum absolute atomic E-state index is 12.9. The fraction of sp³-hybridized carbons (Fsp3) is 0.684. The Morgan fingerprint density at radius 1 is 1.08 bits per heavy atom. The molecule has 0 spiro atoms. The Hall–Kier alpha value is -1.63. The highest BCUT2D eigenvalue weighted by Gasteiger charge is 2.42. The number of hydrogen-bond donors (Lipinski definition) is 1. The molecule has 1 atom stereocenters. The first kappa shape index (κ1) is 17.8. The molecule has 4 rings (SSSR count). The maximum atomic E-state index is 12.9. The first-order chi connectivity index (χ1) is 12.4. The number of nitrogens with zero attached hydrogens (tertiary/aromatic N) is 3. The van der Waals surface area contributed by atoms with Crippen LogP contribution in [0.3, 0.4) is 0 Å². The van der Waals surface area contributed by atoms with E-state index in [4.69, 9.17) is 5.10 Å². The van der Waals surface area contributed by atoms with E-state index in [2.05, 4.69) is 16.4 Å². The van der Waals surface area contributed by atoms with Crippen LogP contribution < -0.4 is 5.32 Å². The summed E-state index contributed by atoms with van der Waals surface area (Å²) >= 11 is 0. The van der Waals surface area contributed by atoms with Crippen LogP contribution in [0.25, 0.3) is 5.65 Å². The molecule has 1 aliphatic carbocycles. The van der Waals surface area contributed by atoms with Crippen molar-refractivity contribution in [2.24, 2.45) is 5.92 Å². The van der Waals surface area contributed by atoms with Gasteiger partial charge in [0.2, 0.25) is 0 Å². The Morgan fingerprint density at radius 3 is 2.50 bits per heavy atom. The van der Waals surface area contributed by atoms with Crippen LogP contribution in [0.2, 0.25) is 0 Å². The van der Waals surface area contributed by atoms with Crippen LogP contribution in [0.4, 0.5) is 13.2 Å². The summed E-state index contributed by atoms with van der Waals surface area (Å²) in [7, 11) is 0. The van der Waals surface area contributed by atoms with Crippen molar-refractivity contribution in [1.82, 2.24) is 19.9 Å². The highest BCUT2D eigenvalue weighted by atomic mass is 19.4. The second-order valence-corrected chi connectivity index (χ2v) is 7.80. The molecule has 0 unspecified atom stereocenters. The van der Waals surface area contributed by atoms with E-state index >= 15 is 0 Å². The molecule has 0 amide bonds. The average Bonchev–Trinajstić information content (AvgIpc) is 3.05. The topological polar surface area (TPSA) is 42.2 Å². The minimum Gasteiger partial charge on any atom is -0.316 e. The average molecular weight is 366 g/mol. The second kappa shape index (κ2) is 6.83. The Labute approximate surface area is 151 Å². The summed E-state index contributed by atoms with van der Waals surface area (Å²) in [5, 5.41) is 8.22. The SMILES string of the molecule is Cc1cc([C@@H]2CCCNC2)n2nc([C@H]3CC[C@H](C(F)(F)F)CC3)cc2n1. The van der Waals surface area contributed by atoms with Crippen molar-refractivity contribution in [3.63, 3.8) is 0 Å². The molecule has 2 aliphatic rings. The molecule has 1 saturated carbocycles. The first-order valence-corrected chi connectivity index (χ1v) is 9.56. The number of aromatic nitrogens is 3. The van der Waals surface area contributed by atoms with E-state index in [0.29, 0.717) is 18.8 Å². The van der Waals surface area contributed by atoms with Crippen molar-refractivity contribution in [1.29, 1.82) is 0 Å². The van der Waals surface area contributed by atoms with Gasteiger partial charge >= 0.3 is 6.18 Å². The lowest BCUT2D eigenvalue weighted by molar-refractivity contribution is -0.182. The maximum Gasteiger partial charge on any atom is 0.391 e. The van der Waals surface area contributed by atoms with Crippen molar-refractivity contribution in [2.75, 3.05) is 13.1 Å². The van der Waals surface area contributed by atoms with Crippen molar-refractivity contribution in [3.8, 4) is 0 Å². The van der Waals surface area contributed by atoms with Gasteiger partial charge in [-0.2, -0.15) is 18.3 Å². The molecule has 0 radical (unpaired) electrons. The lowest BCUT2D eigenvalue weighted by Crippen LogP contribution is -2.29. The van der Waals surface area contributed by atoms with Gasteiger partial charge in [0.1, 0.15) is 0 Å². The molecule has 1 saturated heterocycles. The monoisotopic (exact) mass is 366 g/mol. The summed E-state index contributed by atoms with van der Waals surface area (Å²) in [6.45, 7) is 3.97. The van der Waals surface area contributed by atoms with Gasteiger partial charge in [0.05, 0.1) is 17.3 Å². The van der Waals surface area contributed by atoms with Gasteiger partial charge < -0.3 is 5.32 Å². The molecular formula is C19H25F3N4. The Bertz CT molecular complexity index is 769. The molecule has 142 valence electrons. The van der Waals surface area contributed by atoms with E-state index < -0.39 is 12.1 Å². The zero-order valence-electron chi connectivity index (χ0n) is 15.0. The minimum atomic E-state index is -4.07. The largest absolute Gasteiger partial charge is 0.391 e. The molecule has 2 fully saturated rings. The number of rotatable bonds is 2. The Balaban J connectivity index is 1.60. The summed E-state index contributed by atoms with van der Waals surface area (Å²) in [6, 6.07) is 4.08. The zero-order valence-corrected chi connectivity index (χ0v) is 15.0. The van der Waals surface area contributed by atoms with Crippen molar-refractivity contribution in [2.45, 2.75) is 63.5 Å². The summed E-state index contributed by atoms with van der Waals surface area (Å²) in [5.41, 5.74) is 3.84. The number of aryl methyl sites for hydroxylation is 1. The van der Waals surface area contributed by atoms with Crippen LogP contribution in [0, 0.1) is 12.8 Å². The van der Waals surface area contributed by atoms with Gasteiger partial charge in [0.25, 0.3) is 0 Å². The zero-order chi connectivity index (χ0) is 18.3. The third-order valence-corrected chi connectivity index (χ3v) is 5.93. The molecule has 0 aromatic carbocycles. The van der Waals surface area contributed by atoms with Gasteiger partial charge in [-0.15, -0.1) is 0 Å². The molecule has 2 aromatic heterocycles. The van der Waals surface area contributed by atoms with Crippen LogP contribution in [0.15, 0.2) is 12.1 Å². The summed E-state index contributed by atoms with van der Waals surface area (Å²) in [5.74, 6) is -0.644. The van der Waals surface area contributed by atoms with Gasteiger partial charge in [0.15, 0.2) is 5.65 Å². The van der Waals surface area contributed by atoms with Gasteiger partial charge in [-0.25, -0.2) is 9.50 Å². The quantitative estimate of drug-likeness (QED) is 0.860. The lowest BCUT2D eigenvalue weighted by Gasteiger charge is -2.28. The van der Waals surface area contributed by atoms with Crippen LogP contribution in [0.5, 0.6) is 0 Å². The van der Waals surface area contributed by atoms with Crippen LogP contribution in [-0.4, -0.2) is 33.9 Å². The lowest BCUT2D eigenvalue weighted by atomic mass is 9.80. The molecule has 2 aromatic rings. The van der Waals surface area contributed by atoms with E-state index in [1.165, 1.54) is 0 Å². The third-order valence-electron chi connectivity index (χ3n) is 5.93. The predicted octanol–water partition coefficient (Wildman–Crippen LogP) is 4.34. The fourth-order valence-corrected chi connectivity index (χ4v) is 4.46. The Morgan fingerprint density at radius 2 is 1.85 bits per heavy atom. The summed E-state index contributed by atoms with van der Waals surface area (Å²) in [4.78, 5) is 4.60. The highest BCUT2D eigenvalue weighted by Crippen LogP contribution is 2.42. The first-order valence-electron chi connectivity index (χ1n) is 9.56. The number of alkyl halides is 3. The predicted molar refractivity (Wildman–Crippen MR) is 93.3 cm³/mol. The van der Waals surface area contributed by atoms with E-state index in [-0.39, 0.29) is 18.8 Å². The molecular weight excluding hydrogens is 341 g/mol. The number of nitrogens with one attached hydrogen (secondary N) is 1. The van der Waals surface area contributed by atoms with Crippen molar-refractivity contribution in [3.05, 3.63) is 29.2 Å². The second-order valence-electron chi connectivity index (χ2n) is 7.80. The summed E-state index contributed by atoms with van der Waals surface area (Å²) < 4.78 is 40.6. The fourth-order valence-electron chi connectivity index (χ4n) is 4.46. The van der Waals surface area contributed by atoms with E-state index in [1.54, 1.807) is 0 Å². The van der Waals surface area contributed by atoms with E-state index in [9.17, 15) is 13.2 Å². The molecule has 7 heteroatoms. The van der Waals surface area contributed by atoms with Crippen molar-refractivity contribution < 1.29 is 13.2 Å². The standard InChI is InChI=1S/C19H25F3N4/c1-12-9-17(14-3-2-8-23-11-14)26-18(24-12)10-16(25-26)13-4-6-15(7-5-13)19(20,21)22/h9-10,13-15,23H,2-8,11H2,1H3/t13-,14-,15-/m1/s1. The number of fused-ring (bicyclic) bond motifs is 1. The van der Waals surface area contributed by atoms with E-state index in [1.807, 2.05) is 17.5 Å². The third kappa shape index (κ3) is 3.46. The number of hydrogen-bond acceptors (Lipinski definition) is 3. The number of piperidine rings is 1. The van der Waals surface area contributed by atoms with Gasteiger partial charge in [0, 0.05) is 30.1 Å². The summed E-state index contributed by atoms with van der Waals surface area (Å²) in [6.07, 6.45) is -0.299. The molecule has 0 bridgehead atoms. The smallest absolute Gasteiger partial charge is 0.316 e. The van der Waals surface area contributed by atoms with Crippen LogP contribution in [0.1, 0.15) is 67.4 Å². The normalized spacial score (nSPS) is 27.8. The van der Waals surface area contributed by atoms with Gasteiger partial charge in [-0.1, -0.05) is 0 Å². The Kier molecular flexibility index (Phi) is 4.67. The highest BCUT2D eigenvalue weighted by molar-refractivity contribution is 5.43. The minimum absolute atomic E-state index is 0.105. The van der Waals surface area contributed by atoms with Crippen molar-refractivity contribution >= 4 is 5.65 Å². The molecule has 1 N–H and O–H groups in total. The van der Waals surface area contributed by atoms with E-state index in [0.717, 1.165) is 48.7 Å². The van der Waals surface area contributed by atoms with Gasteiger partial charge in [-0.3, -0.25) is 0 Å². The number of halogens is 3. The molecule has 1 aliphatic heterocycles. The van der Waals surface area contributed by atoms with Gasteiger partial charge in [-0.05, 0) is 58.1 Å².